The molecule has 0 N–H and O–H groups in total. The van der Waals surface area contributed by atoms with Gasteiger partial charge in [-0.2, -0.15) is 0 Å². The Morgan fingerprint density at radius 3 is 2.44 bits per heavy atom. The van der Waals surface area contributed by atoms with Crippen LogP contribution in [0.3, 0.4) is 0 Å². The van der Waals surface area contributed by atoms with Crippen molar-refractivity contribution < 1.29 is 9.18 Å². The van der Waals surface area contributed by atoms with Gasteiger partial charge in [-0.1, -0.05) is 62.4 Å². The summed E-state index contributed by atoms with van der Waals surface area (Å²) in [6, 6.07) is 23.4. The van der Waals surface area contributed by atoms with Crippen LogP contribution in [0.5, 0.6) is 0 Å². The van der Waals surface area contributed by atoms with E-state index >= 15 is 4.39 Å². The van der Waals surface area contributed by atoms with Crippen LogP contribution in [0.2, 0.25) is 0 Å². The van der Waals surface area contributed by atoms with Crippen LogP contribution in [0.1, 0.15) is 63.1 Å². The van der Waals surface area contributed by atoms with E-state index in [4.69, 9.17) is 4.99 Å². The van der Waals surface area contributed by atoms with Gasteiger partial charge in [0.25, 0.3) is 5.91 Å². The van der Waals surface area contributed by atoms with Gasteiger partial charge >= 0.3 is 0 Å². The Balaban J connectivity index is 1.49. The molecule has 1 atom stereocenters. The number of halogens is 1. The highest BCUT2D eigenvalue weighted by Crippen LogP contribution is 2.45. The van der Waals surface area contributed by atoms with E-state index in [0.717, 1.165) is 41.9 Å². The second-order valence-corrected chi connectivity index (χ2v) is 12.0. The highest BCUT2D eigenvalue weighted by molar-refractivity contribution is 8.18. The van der Waals surface area contributed by atoms with Gasteiger partial charge in [0.1, 0.15) is 5.82 Å². The third-order valence-corrected chi connectivity index (χ3v) is 8.58. The molecule has 1 amide bonds. The lowest BCUT2D eigenvalue weighted by molar-refractivity contribution is -0.122. The monoisotopic (exact) mass is 541 g/mol. The molecular formula is C33H36FN3OS. The lowest BCUT2D eigenvalue weighted by atomic mass is 9.79. The summed E-state index contributed by atoms with van der Waals surface area (Å²) in [6.07, 6.45) is 4.42. The molecule has 39 heavy (non-hydrogen) atoms. The highest BCUT2D eigenvalue weighted by atomic mass is 32.2. The van der Waals surface area contributed by atoms with Crippen LogP contribution in [0.4, 0.5) is 15.8 Å². The van der Waals surface area contributed by atoms with Crippen molar-refractivity contribution in [3.05, 3.63) is 100 Å². The number of para-hydroxylation sites is 1. The largest absolute Gasteiger partial charge is 0.366 e. The molecule has 4 nitrogen and oxygen atoms in total. The molecule has 1 unspecified atom stereocenters. The SMILES string of the molecule is CCCN1c2cc(F)c(/C=C3/SC(=Nc4ccccc4)N(CCc4ccccc4)C3=O)cc2C(C)CC1(C)C. The number of carbonyl (C=O) groups is 1. The Morgan fingerprint density at radius 2 is 1.74 bits per heavy atom. The lowest BCUT2D eigenvalue weighted by Crippen LogP contribution is -2.48. The fourth-order valence-electron chi connectivity index (χ4n) is 5.71. The van der Waals surface area contributed by atoms with Crippen LogP contribution in [0.15, 0.2) is 82.7 Å². The number of hydrogen-bond donors (Lipinski definition) is 0. The van der Waals surface area contributed by atoms with Crippen LogP contribution in [-0.2, 0) is 11.2 Å². The molecule has 2 aliphatic rings. The number of amidine groups is 1. The second-order valence-electron chi connectivity index (χ2n) is 11.0. The average Bonchev–Trinajstić information content (AvgIpc) is 3.20. The smallest absolute Gasteiger partial charge is 0.266 e. The van der Waals surface area contributed by atoms with E-state index in [0.29, 0.717) is 34.5 Å². The summed E-state index contributed by atoms with van der Waals surface area (Å²) in [4.78, 5) is 23.0. The third kappa shape index (κ3) is 5.81. The lowest BCUT2D eigenvalue weighted by Gasteiger charge is -2.47. The van der Waals surface area contributed by atoms with Crippen molar-refractivity contribution in [3.63, 3.8) is 0 Å². The summed E-state index contributed by atoms with van der Waals surface area (Å²) in [6.45, 7) is 10.2. The maximum absolute atomic E-state index is 15.6. The summed E-state index contributed by atoms with van der Waals surface area (Å²) in [5.74, 6) is -0.139. The van der Waals surface area contributed by atoms with Crippen LogP contribution < -0.4 is 4.90 Å². The van der Waals surface area contributed by atoms with E-state index in [1.54, 1.807) is 17.0 Å². The fraction of sp³-hybridized carbons (Fsp3) is 0.333. The molecule has 1 fully saturated rings. The molecule has 2 aliphatic heterocycles. The molecule has 0 aliphatic carbocycles. The summed E-state index contributed by atoms with van der Waals surface area (Å²) >= 11 is 1.32. The van der Waals surface area contributed by atoms with Crippen molar-refractivity contribution >= 4 is 40.3 Å². The van der Waals surface area contributed by atoms with Crippen LogP contribution in [0, 0.1) is 5.82 Å². The van der Waals surface area contributed by atoms with Crippen molar-refractivity contribution in [1.82, 2.24) is 4.90 Å². The zero-order chi connectivity index (χ0) is 27.6. The maximum Gasteiger partial charge on any atom is 0.266 e. The predicted octanol–water partition coefficient (Wildman–Crippen LogP) is 8.17. The van der Waals surface area contributed by atoms with E-state index in [9.17, 15) is 4.79 Å². The number of fused-ring (bicyclic) bond motifs is 1. The van der Waals surface area contributed by atoms with Gasteiger partial charge in [-0.3, -0.25) is 9.69 Å². The van der Waals surface area contributed by atoms with Crippen LogP contribution >= 0.6 is 11.8 Å². The number of thioether (sulfide) groups is 1. The second kappa shape index (κ2) is 11.4. The maximum atomic E-state index is 15.6. The Bertz CT molecular complexity index is 1400. The van der Waals surface area contributed by atoms with Crippen molar-refractivity contribution in [2.24, 2.45) is 4.99 Å². The molecule has 0 saturated carbocycles. The molecule has 0 bridgehead atoms. The zero-order valence-electron chi connectivity index (χ0n) is 23.2. The van der Waals surface area contributed by atoms with Gasteiger partial charge < -0.3 is 4.90 Å². The first-order valence-electron chi connectivity index (χ1n) is 13.8. The molecular weight excluding hydrogens is 505 g/mol. The van der Waals surface area contributed by atoms with E-state index in [2.05, 4.69) is 44.7 Å². The standard InChI is InChI=1S/C33H36FN3OS/c1-5-17-37-29-21-28(34)25(19-27(29)23(2)22-33(37,3)4)20-30-31(38)36(18-16-24-12-8-6-9-13-24)32(39-30)35-26-14-10-7-11-15-26/h6-15,19-21,23H,5,16-18,22H2,1-4H3/b30-20+,35-32?. The van der Waals surface area contributed by atoms with E-state index in [1.165, 1.54) is 11.8 Å². The first-order chi connectivity index (χ1) is 18.8. The van der Waals surface area contributed by atoms with Gasteiger partial charge in [0.2, 0.25) is 0 Å². The molecule has 3 aromatic rings. The van der Waals surface area contributed by atoms with Crippen molar-refractivity contribution in [3.8, 4) is 0 Å². The Hall–Kier alpha value is -3.38. The van der Waals surface area contributed by atoms with E-state index in [-0.39, 0.29) is 17.3 Å². The topological polar surface area (TPSA) is 35.9 Å². The number of carbonyl (C=O) groups excluding carboxylic acids is 1. The van der Waals surface area contributed by atoms with Crippen molar-refractivity contribution in [2.75, 3.05) is 18.0 Å². The first-order valence-corrected chi connectivity index (χ1v) is 14.6. The van der Waals surface area contributed by atoms with Crippen LogP contribution in [-0.4, -0.2) is 34.6 Å². The molecule has 6 heteroatoms. The van der Waals surface area contributed by atoms with E-state index in [1.807, 2.05) is 54.6 Å². The van der Waals surface area contributed by atoms with Crippen molar-refractivity contribution in [2.45, 2.75) is 58.4 Å². The quantitative estimate of drug-likeness (QED) is 0.283. The minimum Gasteiger partial charge on any atom is -0.366 e. The molecule has 1 saturated heterocycles. The molecule has 0 radical (unpaired) electrons. The molecule has 2 heterocycles. The number of aliphatic imine (C=N–C) groups is 1. The Labute approximate surface area is 235 Å². The number of amides is 1. The van der Waals surface area contributed by atoms with Gasteiger partial charge in [0, 0.05) is 29.9 Å². The molecule has 202 valence electrons. The van der Waals surface area contributed by atoms with Gasteiger partial charge in [-0.05, 0) is 92.3 Å². The first kappa shape index (κ1) is 27.2. The van der Waals surface area contributed by atoms with Gasteiger partial charge in [-0.25, -0.2) is 9.38 Å². The van der Waals surface area contributed by atoms with E-state index < -0.39 is 0 Å². The predicted molar refractivity (Wildman–Crippen MR) is 162 cm³/mol. The van der Waals surface area contributed by atoms with Gasteiger partial charge in [-0.15, -0.1) is 0 Å². The summed E-state index contributed by atoms with van der Waals surface area (Å²) in [7, 11) is 0. The minimum atomic E-state index is -0.301. The number of anilines is 1. The normalized spacial score (nSPS) is 20.6. The van der Waals surface area contributed by atoms with Gasteiger partial charge in [0.15, 0.2) is 5.17 Å². The van der Waals surface area contributed by atoms with Crippen molar-refractivity contribution in [1.29, 1.82) is 0 Å². The Kier molecular flexibility index (Phi) is 7.94. The summed E-state index contributed by atoms with van der Waals surface area (Å²) in [5, 5.41) is 0.621. The third-order valence-electron chi connectivity index (χ3n) is 7.57. The number of nitrogens with zero attached hydrogens (tertiary/aromatic N) is 3. The van der Waals surface area contributed by atoms with Gasteiger partial charge in [0.05, 0.1) is 10.6 Å². The fourth-order valence-corrected chi connectivity index (χ4v) is 6.72. The number of benzene rings is 3. The Morgan fingerprint density at radius 1 is 1.05 bits per heavy atom. The summed E-state index contributed by atoms with van der Waals surface area (Å²) < 4.78 is 15.6. The minimum absolute atomic E-state index is 0.0336. The number of hydrogen-bond acceptors (Lipinski definition) is 4. The molecule has 0 aromatic heterocycles. The average molecular weight is 542 g/mol. The highest BCUT2D eigenvalue weighted by Gasteiger charge is 2.37. The number of rotatable bonds is 7. The summed E-state index contributed by atoms with van der Waals surface area (Å²) in [5.41, 5.74) is 4.48. The molecule has 3 aromatic carbocycles. The molecule has 0 spiro atoms. The molecule has 5 rings (SSSR count). The zero-order valence-corrected chi connectivity index (χ0v) is 24.0. The van der Waals surface area contributed by atoms with Crippen LogP contribution in [0.25, 0.3) is 6.08 Å².